The molecule has 4 aromatic rings. The molecule has 3 aliphatic rings. The molecule has 0 bridgehead atoms. The van der Waals surface area contributed by atoms with Crippen LogP contribution in [0.1, 0.15) is 47.9 Å². The van der Waals surface area contributed by atoms with Crippen molar-refractivity contribution in [1.82, 2.24) is 0 Å². The summed E-state index contributed by atoms with van der Waals surface area (Å²) < 4.78 is 4.38. The summed E-state index contributed by atoms with van der Waals surface area (Å²) >= 11 is 14.3. The summed E-state index contributed by atoms with van der Waals surface area (Å²) in [6, 6.07) is 25.9. The molecule has 0 aromatic heterocycles. The Morgan fingerprint density at radius 1 is 0.512 bits per heavy atom. The van der Waals surface area contributed by atoms with Crippen molar-refractivity contribution < 1.29 is 10.2 Å². The summed E-state index contributed by atoms with van der Waals surface area (Å²) in [5.74, 6) is 0. The summed E-state index contributed by atoms with van der Waals surface area (Å²) in [6.45, 7) is 0.190. The molecule has 0 radical (unpaired) electrons. The zero-order valence-corrected chi connectivity index (χ0v) is 30.8. The number of rotatable bonds is 4. The van der Waals surface area contributed by atoms with Gasteiger partial charge >= 0.3 is 0 Å². The molecule has 4 aromatic carbocycles. The van der Waals surface area contributed by atoms with Crippen molar-refractivity contribution in [1.29, 1.82) is 0 Å². The Balaban J connectivity index is 0.000000161. The van der Waals surface area contributed by atoms with Crippen molar-refractivity contribution in [2.75, 3.05) is 13.2 Å². The predicted molar refractivity (Wildman–Crippen MR) is 193 cm³/mol. The lowest BCUT2D eigenvalue weighted by Crippen LogP contribution is -2.28. The lowest BCUT2D eigenvalue weighted by Gasteiger charge is -2.31. The monoisotopic (exact) mass is 912 g/mol. The maximum Gasteiger partial charge on any atom is 0.0442 e. The van der Waals surface area contributed by atoms with Crippen LogP contribution in [0, 0.1) is 0 Å². The highest BCUT2D eigenvalue weighted by molar-refractivity contribution is 14.0. The smallest absolute Gasteiger partial charge is 0.0442 e. The molecule has 1 spiro atoms. The van der Waals surface area contributed by atoms with Gasteiger partial charge in [-0.1, -0.05) is 100 Å². The van der Waals surface area contributed by atoms with Crippen LogP contribution in [-0.4, -0.2) is 23.4 Å². The van der Waals surface area contributed by atoms with E-state index in [1.165, 1.54) is 53.5 Å². The zero-order chi connectivity index (χ0) is 28.1. The molecule has 0 aliphatic heterocycles. The topological polar surface area (TPSA) is 40.5 Å². The van der Waals surface area contributed by atoms with E-state index < -0.39 is 0 Å². The first-order valence-electron chi connectivity index (χ1n) is 13.4. The van der Waals surface area contributed by atoms with Crippen LogP contribution in [-0.2, 0) is 10.8 Å². The molecule has 0 atom stereocenters. The van der Waals surface area contributed by atoms with Crippen LogP contribution < -0.4 is 0 Å². The van der Waals surface area contributed by atoms with E-state index in [0.717, 1.165) is 21.8 Å². The van der Waals surface area contributed by atoms with E-state index in [1.54, 1.807) is 0 Å². The zero-order valence-electron chi connectivity index (χ0n) is 22.1. The van der Waals surface area contributed by atoms with Crippen LogP contribution in [0.3, 0.4) is 0 Å². The summed E-state index contributed by atoms with van der Waals surface area (Å²) in [5.41, 5.74) is 10.4. The maximum absolute atomic E-state index is 9.60. The summed E-state index contributed by atoms with van der Waals surface area (Å²) in [5, 5.41) is 19.2. The Bertz CT molecular complexity index is 1530. The van der Waals surface area contributed by atoms with Crippen LogP contribution in [0.4, 0.5) is 0 Å². The largest absolute Gasteiger partial charge is 0.396 e. The Kier molecular flexibility index (Phi) is 9.76. The van der Waals surface area contributed by atoms with Gasteiger partial charge in [0.1, 0.15) is 0 Å². The molecular formula is C34H29Br4IO2. The third-order valence-electron chi connectivity index (χ3n) is 8.75. The van der Waals surface area contributed by atoms with E-state index in [0.29, 0.717) is 12.8 Å². The summed E-state index contributed by atoms with van der Waals surface area (Å²) in [6.07, 6.45) is 8.09. The van der Waals surface area contributed by atoms with Gasteiger partial charge < -0.3 is 10.2 Å². The number of benzene rings is 4. The average Bonchev–Trinajstić information content (AvgIpc) is 3.60. The predicted octanol–water partition coefficient (Wildman–Crippen LogP) is 10.7. The number of hydrogen-bond acceptors (Lipinski definition) is 2. The highest BCUT2D eigenvalue weighted by Gasteiger charge is 2.44. The minimum absolute atomic E-state index is 0. The lowest BCUT2D eigenvalue weighted by atomic mass is 9.73. The molecule has 0 saturated heterocycles. The second-order valence-electron chi connectivity index (χ2n) is 10.8. The summed E-state index contributed by atoms with van der Waals surface area (Å²) in [7, 11) is 0. The number of fused-ring (bicyclic) bond motifs is 8. The minimum Gasteiger partial charge on any atom is -0.396 e. The van der Waals surface area contributed by atoms with E-state index in [1.807, 2.05) is 12.1 Å². The standard InChI is InChI=1S/C17H16Br2O2.C17H12Br2.HI/c18-11-1-3-13-14-4-2-12(19)10-16(14)17(5-7-20,6-8-21)15(13)9-11;18-11-3-5-13-14-6-4-12(19)10-16(14)17(15(13)9-11)7-1-2-8-17;/h1-4,9-10,20-21H,5-8H2;1-6,9-10H,7-8H2;1H. The van der Waals surface area contributed by atoms with E-state index in [2.05, 4.69) is 137 Å². The fourth-order valence-electron chi connectivity index (χ4n) is 7.02. The second kappa shape index (κ2) is 12.7. The molecule has 0 amide bonds. The molecule has 0 saturated carbocycles. The van der Waals surface area contributed by atoms with Gasteiger partial charge in [-0.15, -0.1) is 24.0 Å². The van der Waals surface area contributed by atoms with Crippen molar-refractivity contribution in [2.45, 2.75) is 36.5 Å². The van der Waals surface area contributed by atoms with Crippen molar-refractivity contribution in [3.8, 4) is 22.3 Å². The highest BCUT2D eigenvalue weighted by Crippen LogP contribution is 2.56. The normalized spacial score (nSPS) is 15.9. The lowest BCUT2D eigenvalue weighted by molar-refractivity contribution is 0.212. The first-order chi connectivity index (χ1) is 19.3. The number of aliphatic hydroxyl groups excluding tert-OH is 2. The molecule has 0 heterocycles. The van der Waals surface area contributed by atoms with Gasteiger partial charge in [-0.05, 0) is 119 Å². The Hall–Kier alpha value is -0.810. The van der Waals surface area contributed by atoms with Gasteiger partial charge in [0.25, 0.3) is 0 Å². The molecule has 7 rings (SSSR count). The van der Waals surface area contributed by atoms with Gasteiger partial charge in [-0.2, -0.15) is 0 Å². The van der Waals surface area contributed by atoms with Crippen LogP contribution in [0.15, 0.2) is 103 Å². The first kappa shape index (κ1) is 31.6. The average molecular weight is 916 g/mol. The number of allylic oxidation sites excluding steroid dienone is 2. The van der Waals surface area contributed by atoms with Crippen LogP contribution >= 0.6 is 87.7 Å². The number of aliphatic hydroxyl groups is 2. The molecule has 0 fully saturated rings. The number of hydrogen-bond donors (Lipinski definition) is 2. The molecular weight excluding hydrogens is 887 g/mol. The van der Waals surface area contributed by atoms with Gasteiger partial charge in [0.05, 0.1) is 0 Å². The van der Waals surface area contributed by atoms with E-state index in [4.69, 9.17) is 0 Å². The van der Waals surface area contributed by atoms with Crippen molar-refractivity contribution in [2.24, 2.45) is 0 Å². The SMILES string of the molecule is Brc1ccc2c(c1)C1(CC=CC1)c1cc(Br)ccc1-2.I.OCCC1(CCO)c2cc(Br)ccc2-c2ccc(Br)cc21. The van der Waals surface area contributed by atoms with E-state index in [9.17, 15) is 10.2 Å². The third-order valence-corrected chi connectivity index (χ3v) is 10.7. The van der Waals surface area contributed by atoms with E-state index >= 15 is 0 Å². The van der Waals surface area contributed by atoms with Crippen molar-refractivity contribution in [3.05, 3.63) is 125 Å². The van der Waals surface area contributed by atoms with Gasteiger partial charge in [-0.3, -0.25) is 0 Å². The molecule has 2 N–H and O–H groups in total. The van der Waals surface area contributed by atoms with Crippen LogP contribution in [0.5, 0.6) is 0 Å². The minimum atomic E-state index is -0.318. The highest BCUT2D eigenvalue weighted by atomic mass is 127. The fraction of sp³-hybridized carbons (Fsp3) is 0.235. The van der Waals surface area contributed by atoms with Gasteiger partial charge in [0.2, 0.25) is 0 Å². The second-order valence-corrected chi connectivity index (χ2v) is 14.4. The van der Waals surface area contributed by atoms with Gasteiger partial charge in [0.15, 0.2) is 0 Å². The van der Waals surface area contributed by atoms with Crippen LogP contribution in [0.25, 0.3) is 22.3 Å². The quantitative estimate of drug-likeness (QED) is 0.158. The maximum atomic E-state index is 9.60. The van der Waals surface area contributed by atoms with Gasteiger partial charge in [-0.25, -0.2) is 0 Å². The molecule has 0 unspecified atom stereocenters. The molecule has 41 heavy (non-hydrogen) atoms. The Morgan fingerprint density at radius 2 is 0.829 bits per heavy atom. The Morgan fingerprint density at radius 3 is 1.17 bits per heavy atom. The summed E-state index contributed by atoms with van der Waals surface area (Å²) in [4.78, 5) is 0. The molecule has 2 nitrogen and oxygen atoms in total. The van der Waals surface area contributed by atoms with Crippen LogP contribution in [0.2, 0.25) is 0 Å². The first-order valence-corrected chi connectivity index (χ1v) is 16.6. The molecule has 212 valence electrons. The third kappa shape index (κ3) is 5.40. The Labute approximate surface area is 292 Å². The van der Waals surface area contributed by atoms with Crippen molar-refractivity contribution >= 4 is 87.7 Å². The van der Waals surface area contributed by atoms with Gasteiger partial charge in [0, 0.05) is 41.9 Å². The molecule has 7 heteroatoms. The molecule has 3 aliphatic carbocycles. The van der Waals surface area contributed by atoms with Crippen molar-refractivity contribution in [3.63, 3.8) is 0 Å². The fourth-order valence-corrected chi connectivity index (χ4v) is 8.46. The number of halogens is 5. The van der Waals surface area contributed by atoms with E-state index in [-0.39, 0.29) is 48.0 Å².